The minimum atomic E-state index is 0.643. The van der Waals surface area contributed by atoms with Gasteiger partial charge in [0.25, 0.3) is 0 Å². The van der Waals surface area contributed by atoms with Crippen molar-refractivity contribution in [2.24, 2.45) is 4.99 Å². The van der Waals surface area contributed by atoms with Gasteiger partial charge in [-0.15, -0.1) is 0 Å². The molecule has 0 unspecified atom stereocenters. The standard InChI is InChI=1S/C7H10N4/c1-8-6-5-2-3-9-7(5)11-4-10-6/h2-3,9,11H,4H2,1H3,(H,8,10). The van der Waals surface area contributed by atoms with Crippen LogP contribution in [0.15, 0.2) is 17.3 Å². The molecule has 0 saturated heterocycles. The van der Waals surface area contributed by atoms with E-state index in [0.717, 1.165) is 17.2 Å². The zero-order chi connectivity index (χ0) is 7.68. The van der Waals surface area contributed by atoms with Crippen molar-refractivity contribution in [1.29, 1.82) is 0 Å². The van der Waals surface area contributed by atoms with Gasteiger partial charge in [0, 0.05) is 13.2 Å². The van der Waals surface area contributed by atoms with E-state index in [0.29, 0.717) is 6.67 Å². The van der Waals surface area contributed by atoms with Crippen molar-refractivity contribution in [3.8, 4) is 0 Å². The number of anilines is 1. The fourth-order valence-corrected chi connectivity index (χ4v) is 1.21. The van der Waals surface area contributed by atoms with Crippen LogP contribution in [0.5, 0.6) is 0 Å². The Morgan fingerprint density at radius 3 is 3.36 bits per heavy atom. The summed E-state index contributed by atoms with van der Waals surface area (Å²) in [5.74, 6) is 1.99. The summed E-state index contributed by atoms with van der Waals surface area (Å²) >= 11 is 0. The van der Waals surface area contributed by atoms with Gasteiger partial charge in [-0.25, -0.2) is 4.99 Å². The van der Waals surface area contributed by atoms with Crippen LogP contribution < -0.4 is 10.6 Å². The van der Waals surface area contributed by atoms with Crippen LogP contribution in [0.1, 0.15) is 5.56 Å². The highest BCUT2D eigenvalue weighted by atomic mass is 15.1. The number of aromatic amines is 1. The average Bonchev–Trinajstić information content (AvgIpc) is 2.50. The van der Waals surface area contributed by atoms with Crippen molar-refractivity contribution in [1.82, 2.24) is 10.3 Å². The topological polar surface area (TPSA) is 52.2 Å². The van der Waals surface area contributed by atoms with Crippen LogP contribution in [0.3, 0.4) is 0 Å². The van der Waals surface area contributed by atoms with Gasteiger partial charge in [-0.1, -0.05) is 0 Å². The second-order valence-electron chi connectivity index (χ2n) is 2.36. The summed E-state index contributed by atoms with van der Waals surface area (Å²) in [6.45, 7) is 0.643. The van der Waals surface area contributed by atoms with Gasteiger partial charge in [0.2, 0.25) is 0 Å². The number of aromatic nitrogens is 1. The van der Waals surface area contributed by atoms with Crippen LogP contribution in [0.25, 0.3) is 0 Å². The molecule has 0 aliphatic carbocycles. The van der Waals surface area contributed by atoms with Crippen LogP contribution in [0.2, 0.25) is 0 Å². The van der Waals surface area contributed by atoms with Gasteiger partial charge in [0.1, 0.15) is 18.3 Å². The van der Waals surface area contributed by atoms with E-state index in [1.54, 1.807) is 0 Å². The molecule has 1 aliphatic heterocycles. The van der Waals surface area contributed by atoms with E-state index in [1.807, 2.05) is 19.3 Å². The fraction of sp³-hybridized carbons (Fsp3) is 0.286. The largest absolute Gasteiger partial charge is 0.373 e. The van der Waals surface area contributed by atoms with E-state index >= 15 is 0 Å². The molecule has 2 rings (SSSR count). The van der Waals surface area contributed by atoms with Gasteiger partial charge in [-0.3, -0.25) is 0 Å². The first kappa shape index (κ1) is 6.27. The van der Waals surface area contributed by atoms with Crippen molar-refractivity contribution >= 4 is 11.7 Å². The second kappa shape index (κ2) is 2.30. The second-order valence-corrected chi connectivity index (χ2v) is 2.36. The quantitative estimate of drug-likeness (QED) is 0.500. The maximum absolute atomic E-state index is 4.24. The first-order valence-electron chi connectivity index (χ1n) is 3.55. The summed E-state index contributed by atoms with van der Waals surface area (Å²) in [7, 11) is 1.88. The number of nitrogens with one attached hydrogen (secondary N) is 3. The van der Waals surface area contributed by atoms with Gasteiger partial charge in [-0.05, 0) is 6.07 Å². The predicted octanol–water partition coefficient (Wildman–Crippen LogP) is 0.364. The number of hydrogen-bond donors (Lipinski definition) is 3. The van der Waals surface area contributed by atoms with Crippen molar-refractivity contribution < 1.29 is 0 Å². The van der Waals surface area contributed by atoms with E-state index in [-0.39, 0.29) is 0 Å². The average molecular weight is 150 g/mol. The van der Waals surface area contributed by atoms with E-state index < -0.39 is 0 Å². The molecular formula is C7H10N4. The number of aliphatic imine (C=N–C) groups is 1. The minimum absolute atomic E-state index is 0.643. The lowest BCUT2D eigenvalue weighted by Crippen LogP contribution is -2.25. The Morgan fingerprint density at radius 1 is 1.64 bits per heavy atom. The summed E-state index contributed by atoms with van der Waals surface area (Å²) in [6, 6.07) is 2.00. The van der Waals surface area contributed by atoms with Crippen molar-refractivity contribution in [2.75, 3.05) is 19.0 Å². The van der Waals surface area contributed by atoms with Gasteiger partial charge >= 0.3 is 0 Å². The highest BCUT2D eigenvalue weighted by Gasteiger charge is 2.11. The number of fused-ring (bicyclic) bond motifs is 1. The Kier molecular flexibility index (Phi) is 1.31. The summed E-state index contributed by atoms with van der Waals surface area (Å²) in [5, 5.41) is 6.16. The smallest absolute Gasteiger partial charge is 0.133 e. The molecule has 0 atom stereocenters. The molecule has 1 aliphatic rings. The lowest BCUT2D eigenvalue weighted by molar-refractivity contribution is 1.04. The summed E-state index contributed by atoms with van der Waals surface area (Å²) in [5.41, 5.74) is 1.11. The monoisotopic (exact) mass is 150 g/mol. The fourth-order valence-electron chi connectivity index (χ4n) is 1.21. The number of nitrogens with zero attached hydrogens (tertiary/aromatic N) is 1. The number of H-pyrrole nitrogens is 1. The molecule has 0 amide bonds. The summed E-state index contributed by atoms with van der Waals surface area (Å²) in [6.07, 6.45) is 1.90. The molecule has 4 heteroatoms. The highest BCUT2D eigenvalue weighted by molar-refractivity contribution is 6.03. The Labute approximate surface area is 64.7 Å². The first-order valence-corrected chi connectivity index (χ1v) is 3.55. The Hall–Kier alpha value is -1.45. The van der Waals surface area contributed by atoms with Crippen LogP contribution in [0, 0.1) is 0 Å². The van der Waals surface area contributed by atoms with Gasteiger partial charge in [0.15, 0.2) is 0 Å². The first-order chi connectivity index (χ1) is 5.42. The number of rotatable bonds is 0. The Morgan fingerprint density at radius 2 is 2.55 bits per heavy atom. The van der Waals surface area contributed by atoms with Crippen LogP contribution in [-0.2, 0) is 0 Å². The predicted molar refractivity (Wildman–Crippen MR) is 44.9 cm³/mol. The highest BCUT2D eigenvalue weighted by Crippen LogP contribution is 2.15. The molecule has 2 heterocycles. The van der Waals surface area contributed by atoms with Crippen LogP contribution >= 0.6 is 0 Å². The SMILES string of the molecule is CNC1=NCNc2[nH]ccc21. The molecule has 0 fully saturated rings. The molecule has 1 aromatic heterocycles. The molecule has 0 saturated carbocycles. The normalized spacial score (nSPS) is 14.8. The maximum atomic E-state index is 4.24. The molecule has 1 aromatic rings. The maximum Gasteiger partial charge on any atom is 0.133 e. The molecule has 58 valence electrons. The molecule has 0 bridgehead atoms. The van der Waals surface area contributed by atoms with Crippen LogP contribution in [-0.4, -0.2) is 24.5 Å². The lowest BCUT2D eigenvalue weighted by Gasteiger charge is -2.13. The molecule has 3 N–H and O–H groups in total. The summed E-state index contributed by atoms with van der Waals surface area (Å²) < 4.78 is 0. The molecule has 4 nitrogen and oxygen atoms in total. The third kappa shape index (κ3) is 0.869. The van der Waals surface area contributed by atoms with Crippen molar-refractivity contribution in [2.45, 2.75) is 0 Å². The Balaban J connectivity index is 2.45. The minimum Gasteiger partial charge on any atom is -0.373 e. The van der Waals surface area contributed by atoms with E-state index in [1.165, 1.54) is 0 Å². The van der Waals surface area contributed by atoms with Crippen LogP contribution in [0.4, 0.5) is 5.82 Å². The lowest BCUT2D eigenvalue weighted by atomic mass is 10.2. The third-order valence-electron chi connectivity index (χ3n) is 1.73. The van der Waals surface area contributed by atoms with E-state index in [2.05, 4.69) is 20.6 Å². The number of amidine groups is 1. The van der Waals surface area contributed by atoms with Crippen molar-refractivity contribution in [3.05, 3.63) is 17.8 Å². The molecule has 0 radical (unpaired) electrons. The Bertz CT molecular complexity index is 286. The molecule has 0 spiro atoms. The zero-order valence-electron chi connectivity index (χ0n) is 6.31. The van der Waals surface area contributed by atoms with Gasteiger partial charge in [-0.2, -0.15) is 0 Å². The van der Waals surface area contributed by atoms with Crippen molar-refractivity contribution in [3.63, 3.8) is 0 Å². The zero-order valence-corrected chi connectivity index (χ0v) is 6.31. The number of hydrogen-bond acceptors (Lipinski definition) is 3. The molecule has 0 aromatic carbocycles. The van der Waals surface area contributed by atoms with E-state index in [9.17, 15) is 0 Å². The molecule has 11 heavy (non-hydrogen) atoms. The van der Waals surface area contributed by atoms with E-state index in [4.69, 9.17) is 0 Å². The molecular weight excluding hydrogens is 140 g/mol. The van der Waals surface area contributed by atoms with Gasteiger partial charge < -0.3 is 15.6 Å². The summed E-state index contributed by atoms with van der Waals surface area (Å²) in [4.78, 5) is 7.33. The third-order valence-corrected chi connectivity index (χ3v) is 1.73. The van der Waals surface area contributed by atoms with Gasteiger partial charge in [0.05, 0.1) is 5.56 Å².